The van der Waals surface area contributed by atoms with Gasteiger partial charge in [0, 0.05) is 36.8 Å². The van der Waals surface area contributed by atoms with Crippen molar-refractivity contribution < 1.29 is 9.59 Å². The molecule has 1 aliphatic heterocycles. The molecule has 0 spiro atoms. The number of carbonyl (C=O) groups is 2. The summed E-state index contributed by atoms with van der Waals surface area (Å²) in [6, 6.07) is 1.67. The van der Waals surface area contributed by atoms with Crippen LogP contribution in [0.2, 0.25) is 5.15 Å². The largest absolute Gasteiger partial charge is 0.369 e. The average Bonchev–Trinajstić information content (AvgIpc) is 2.66. The van der Waals surface area contributed by atoms with E-state index in [0.29, 0.717) is 29.7 Å². The second-order valence-electron chi connectivity index (χ2n) is 4.88. The minimum Gasteiger partial charge on any atom is -0.369 e. The molecule has 2 rings (SSSR count). The number of pyridine rings is 1. The van der Waals surface area contributed by atoms with Gasteiger partial charge in [-0.15, -0.1) is 0 Å². The maximum Gasteiger partial charge on any atom is 0.257 e. The maximum atomic E-state index is 12.5. The van der Waals surface area contributed by atoms with Gasteiger partial charge in [-0.25, -0.2) is 4.98 Å². The molecule has 1 aromatic rings. The first-order valence-corrected chi connectivity index (χ1v) is 7.75. The topological polar surface area (TPSA) is 79.5 Å². The van der Waals surface area contributed by atoms with Crippen molar-refractivity contribution in [3.8, 4) is 0 Å². The highest BCUT2D eigenvalue weighted by atomic mass is 79.9. The molecule has 0 aliphatic carbocycles. The molecular weight excluding hydrogens is 360 g/mol. The standard InChI is InChI=1S/C13H16BrClN4O2/c14-9-6-10(12(15)17-7-9)13(21)19-3-1-2-18(4-5-19)8-11(16)20/h6-7H,1-5,8H2,(H2,16,20). The number of carbonyl (C=O) groups excluding carboxylic acids is 2. The molecule has 21 heavy (non-hydrogen) atoms. The van der Waals surface area contributed by atoms with E-state index in [2.05, 4.69) is 20.9 Å². The quantitative estimate of drug-likeness (QED) is 0.803. The Balaban J connectivity index is 2.06. The Kier molecular flexibility index (Phi) is 5.55. The molecule has 0 bridgehead atoms. The molecule has 0 radical (unpaired) electrons. The fraction of sp³-hybridized carbons (Fsp3) is 0.462. The van der Waals surface area contributed by atoms with Crippen LogP contribution in [0, 0.1) is 0 Å². The van der Waals surface area contributed by atoms with Crippen LogP contribution in [0.5, 0.6) is 0 Å². The van der Waals surface area contributed by atoms with Gasteiger partial charge in [0.25, 0.3) is 5.91 Å². The lowest BCUT2D eigenvalue weighted by Crippen LogP contribution is -2.38. The fourth-order valence-electron chi connectivity index (χ4n) is 2.30. The van der Waals surface area contributed by atoms with Crippen molar-refractivity contribution in [3.63, 3.8) is 0 Å². The van der Waals surface area contributed by atoms with Crippen LogP contribution in [0.25, 0.3) is 0 Å². The van der Waals surface area contributed by atoms with Crippen molar-refractivity contribution in [1.82, 2.24) is 14.8 Å². The minimum atomic E-state index is -0.353. The van der Waals surface area contributed by atoms with Gasteiger partial charge in [0.2, 0.25) is 5.91 Å². The first kappa shape index (κ1) is 16.2. The van der Waals surface area contributed by atoms with Gasteiger partial charge in [-0.3, -0.25) is 14.5 Å². The zero-order valence-corrected chi connectivity index (χ0v) is 13.7. The molecule has 1 aromatic heterocycles. The minimum absolute atomic E-state index is 0.144. The second-order valence-corrected chi connectivity index (χ2v) is 6.15. The number of hydrogen-bond acceptors (Lipinski definition) is 4. The molecule has 0 saturated carbocycles. The summed E-state index contributed by atoms with van der Waals surface area (Å²) in [5.74, 6) is -0.497. The lowest BCUT2D eigenvalue weighted by Gasteiger charge is -2.21. The molecule has 1 fully saturated rings. The second kappa shape index (κ2) is 7.20. The molecule has 1 saturated heterocycles. The van der Waals surface area contributed by atoms with E-state index in [4.69, 9.17) is 17.3 Å². The zero-order valence-electron chi connectivity index (χ0n) is 11.4. The SMILES string of the molecule is NC(=O)CN1CCCN(C(=O)c2cc(Br)cnc2Cl)CC1. The summed E-state index contributed by atoms with van der Waals surface area (Å²) in [6.45, 7) is 2.75. The van der Waals surface area contributed by atoms with Crippen LogP contribution in [-0.4, -0.2) is 59.3 Å². The summed E-state index contributed by atoms with van der Waals surface area (Å²) in [4.78, 5) is 31.2. The van der Waals surface area contributed by atoms with Crippen LogP contribution >= 0.6 is 27.5 Å². The van der Waals surface area contributed by atoms with Crippen LogP contribution < -0.4 is 5.73 Å². The summed E-state index contributed by atoms with van der Waals surface area (Å²) < 4.78 is 0.709. The molecule has 2 N–H and O–H groups in total. The van der Waals surface area contributed by atoms with Crippen molar-refractivity contribution in [2.24, 2.45) is 5.73 Å². The number of nitrogens with two attached hydrogens (primary N) is 1. The summed E-state index contributed by atoms with van der Waals surface area (Å²) in [6.07, 6.45) is 2.34. The zero-order chi connectivity index (χ0) is 15.4. The average molecular weight is 376 g/mol. The van der Waals surface area contributed by atoms with Gasteiger partial charge in [0.05, 0.1) is 12.1 Å². The summed E-state index contributed by atoms with van der Waals surface area (Å²) in [5.41, 5.74) is 5.59. The normalized spacial score (nSPS) is 16.6. The molecule has 114 valence electrons. The van der Waals surface area contributed by atoms with Crippen LogP contribution in [0.1, 0.15) is 16.8 Å². The summed E-state index contributed by atoms with van der Waals surface area (Å²) in [7, 11) is 0. The van der Waals surface area contributed by atoms with Crippen molar-refractivity contribution in [1.29, 1.82) is 0 Å². The van der Waals surface area contributed by atoms with Crippen LogP contribution in [0.3, 0.4) is 0 Å². The van der Waals surface area contributed by atoms with Crippen molar-refractivity contribution >= 4 is 39.3 Å². The van der Waals surface area contributed by atoms with E-state index in [1.807, 2.05) is 4.90 Å². The van der Waals surface area contributed by atoms with E-state index in [0.717, 1.165) is 13.0 Å². The van der Waals surface area contributed by atoms with Gasteiger partial charge in [-0.05, 0) is 28.4 Å². The highest BCUT2D eigenvalue weighted by Crippen LogP contribution is 2.20. The first-order valence-electron chi connectivity index (χ1n) is 6.58. The Bertz CT molecular complexity index is 555. The Hall–Kier alpha value is -1.18. The Morgan fingerprint density at radius 2 is 2.10 bits per heavy atom. The predicted molar refractivity (Wildman–Crippen MR) is 83.1 cm³/mol. The first-order chi connectivity index (χ1) is 9.97. The molecule has 2 heterocycles. The maximum absolute atomic E-state index is 12.5. The number of primary amides is 1. The Morgan fingerprint density at radius 3 is 2.81 bits per heavy atom. The van der Waals surface area contributed by atoms with E-state index in [-0.39, 0.29) is 23.5 Å². The molecule has 0 atom stereocenters. The summed E-state index contributed by atoms with van der Waals surface area (Å²) >= 11 is 9.29. The molecule has 1 aliphatic rings. The number of hydrogen-bond donors (Lipinski definition) is 1. The van der Waals surface area contributed by atoms with Gasteiger partial charge in [-0.1, -0.05) is 11.6 Å². The molecule has 0 unspecified atom stereocenters. The molecule has 8 heteroatoms. The van der Waals surface area contributed by atoms with Crippen molar-refractivity contribution in [2.45, 2.75) is 6.42 Å². The Morgan fingerprint density at radius 1 is 1.33 bits per heavy atom. The number of rotatable bonds is 3. The number of nitrogens with zero attached hydrogens (tertiary/aromatic N) is 3. The molecule has 0 aromatic carbocycles. The van der Waals surface area contributed by atoms with Crippen LogP contribution in [-0.2, 0) is 4.79 Å². The number of amides is 2. The fourth-order valence-corrected chi connectivity index (χ4v) is 2.81. The van der Waals surface area contributed by atoms with Gasteiger partial charge >= 0.3 is 0 Å². The van der Waals surface area contributed by atoms with Gasteiger partial charge in [-0.2, -0.15) is 0 Å². The highest BCUT2D eigenvalue weighted by Gasteiger charge is 2.23. The molecule has 6 nitrogen and oxygen atoms in total. The molecule has 2 amide bonds. The van der Waals surface area contributed by atoms with E-state index >= 15 is 0 Å². The van der Waals surface area contributed by atoms with Gasteiger partial charge in [0.15, 0.2) is 0 Å². The van der Waals surface area contributed by atoms with E-state index in [1.165, 1.54) is 0 Å². The summed E-state index contributed by atoms with van der Waals surface area (Å²) in [5, 5.41) is 0.196. The van der Waals surface area contributed by atoms with Gasteiger partial charge < -0.3 is 10.6 Å². The third kappa shape index (κ3) is 4.39. The monoisotopic (exact) mass is 374 g/mol. The lowest BCUT2D eigenvalue weighted by molar-refractivity contribution is -0.119. The number of aromatic nitrogens is 1. The lowest BCUT2D eigenvalue weighted by atomic mass is 10.2. The highest BCUT2D eigenvalue weighted by molar-refractivity contribution is 9.10. The van der Waals surface area contributed by atoms with Crippen molar-refractivity contribution in [3.05, 3.63) is 27.5 Å². The van der Waals surface area contributed by atoms with Crippen molar-refractivity contribution in [2.75, 3.05) is 32.7 Å². The Labute approximate surface area is 136 Å². The predicted octanol–water partition coefficient (Wildman–Crippen LogP) is 1.13. The smallest absolute Gasteiger partial charge is 0.257 e. The van der Waals surface area contributed by atoms with E-state index in [1.54, 1.807) is 17.2 Å². The van der Waals surface area contributed by atoms with Gasteiger partial charge in [0.1, 0.15) is 5.15 Å². The van der Waals surface area contributed by atoms with Crippen LogP contribution in [0.15, 0.2) is 16.7 Å². The number of halogens is 2. The third-order valence-electron chi connectivity index (χ3n) is 3.29. The van der Waals surface area contributed by atoms with E-state index < -0.39 is 0 Å². The molecular formula is C13H16BrClN4O2. The van der Waals surface area contributed by atoms with Crippen LogP contribution in [0.4, 0.5) is 0 Å². The third-order valence-corrected chi connectivity index (χ3v) is 4.03. The van der Waals surface area contributed by atoms with E-state index in [9.17, 15) is 9.59 Å².